The number of carbonyl (C=O) groups excluding carboxylic acids is 2. The molecule has 0 radical (unpaired) electrons. The first kappa shape index (κ1) is 19.5. The molecule has 0 aliphatic heterocycles. The number of carbonyl (C=O) groups is 3. The van der Waals surface area contributed by atoms with Crippen LogP contribution in [0.15, 0.2) is 24.3 Å². The molecule has 0 aliphatic rings. The van der Waals surface area contributed by atoms with Crippen LogP contribution in [-0.2, 0) is 14.4 Å². The van der Waals surface area contributed by atoms with Crippen molar-refractivity contribution in [2.75, 3.05) is 13.7 Å². The molecule has 0 saturated heterocycles. The van der Waals surface area contributed by atoms with Crippen LogP contribution in [0.2, 0.25) is 0 Å². The van der Waals surface area contributed by atoms with Gasteiger partial charge in [0.1, 0.15) is 11.8 Å². The van der Waals surface area contributed by atoms with Crippen LogP contribution in [0.4, 0.5) is 0 Å². The lowest BCUT2D eigenvalue weighted by Gasteiger charge is -2.26. The molecular weight excluding hydrogens is 312 g/mol. The fourth-order valence-corrected chi connectivity index (χ4v) is 2.24. The number of rotatable bonds is 8. The first-order chi connectivity index (χ1) is 11.3. The third-order valence-corrected chi connectivity index (χ3v) is 3.68. The highest BCUT2D eigenvalue weighted by Crippen LogP contribution is 2.28. The van der Waals surface area contributed by atoms with E-state index in [1.54, 1.807) is 24.3 Å². The summed E-state index contributed by atoms with van der Waals surface area (Å²) in [4.78, 5) is 36.1. The highest BCUT2D eigenvalue weighted by atomic mass is 16.5. The number of ether oxygens (including phenoxy) is 1. The van der Waals surface area contributed by atoms with E-state index < -0.39 is 18.1 Å². The molecule has 0 aromatic heterocycles. The molecule has 2 N–H and O–H groups in total. The van der Waals surface area contributed by atoms with E-state index in [1.807, 2.05) is 6.92 Å². The second-order valence-electron chi connectivity index (χ2n) is 5.45. The highest BCUT2D eigenvalue weighted by molar-refractivity contribution is 5.84. The number of carboxylic acids is 1. The van der Waals surface area contributed by atoms with Crippen molar-refractivity contribution in [2.45, 2.75) is 39.3 Å². The van der Waals surface area contributed by atoms with Crippen molar-refractivity contribution >= 4 is 17.8 Å². The molecule has 1 aromatic rings. The van der Waals surface area contributed by atoms with Gasteiger partial charge in [0.15, 0.2) is 0 Å². The Morgan fingerprint density at radius 1 is 1.29 bits per heavy atom. The number of likely N-dealkylation sites (N-methyl/N-ethyl adjacent to an activating group) is 1. The Morgan fingerprint density at radius 2 is 1.92 bits per heavy atom. The molecule has 2 unspecified atom stereocenters. The summed E-state index contributed by atoms with van der Waals surface area (Å²) in [6.45, 7) is 5.09. The van der Waals surface area contributed by atoms with Gasteiger partial charge in [-0.3, -0.25) is 9.59 Å². The topological polar surface area (TPSA) is 95.9 Å². The van der Waals surface area contributed by atoms with E-state index in [4.69, 9.17) is 9.84 Å². The molecule has 0 bridgehead atoms. The fraction of sp³-hybridized carbons (Fsp3) is 0.471. The van der Waals surface area contributed by atoms with E-state index in [1.165, 1.54) is 20.9 Å². The minimum absolute atomic E-state index is 0.0578. The zero-order chi connectivity index (χ0) is 18.3. The summed E-state index contributed by atoms with van der Waals surface area (Å²) < 4.78 is 5.56. The van der Waals surface area contributed by atoms with Crippen LogP contribution in [-0.4, -0.2) is 47.5 Å². The quantitative estimate of drug-likeness (QED) is 0.751. The average molecular weight is 336 g/mol. The lowest BCUT2D eigenvalue weighted by atomic mass is 10.0. The predicted octanol–water partition coefficient (Wildman–Crippen LogP) is 1.58. The molecule has 1 rings (SSSR count). The van der Waals surface area contributed by atoms with Crippen molar-refractivity contribution in [3.05, 3.63) is 29.8 Å². The number of nitrogens with zero attached hydrogens (tertiary/aromatic N) is 1. The number of benzene rings is 1. The molecule has 0 spiro atoms. The maximum absolute atomic E-state index is 12.4. The van der Waals surface area contributed by atoms with Gasteiger partial charge in [0.05, 0.1) is 19.1 Å². The van der Waals surface area contributed by atoms with Gasteiger partial charge in [0.2, 0.25) is 11.8 Å². The van der Waals surface area contributed by atoms with E-state index in [0.29, 0.717) is 17.9 Å². The molecule has 7 nitrogen and oxygen atoms in total. The molecule has 1 aromatic carbocycles. The monoisotopic (exact) mass is 336 g/mol. The second kappa shape index (κ2) is 8.90. The SMILES string of the molecule is CCOc1ccccc1C(CC(=O)N(C)C(C)C(=O)O)NC(C)=O. The van der Waals surface area contributed by atoms with Crippen molar-refractivity contribution in [3.8, 4) is 5.75 Å². The first-order valence-corrected chi connectivity index (χ1v) is 7.75. The zero-order valence-electron chi connectivity index (χ0n) is 14.4. The summed E-state index contributed by atoms with van der Waals surface area (Å²) in [6, 6.07) is 5.60. The smallest absolute Gasteiger partial charge is 0.326 e. The summed E-state index contributed by atoms with van der Waals surface area (Å²) in [5, 5.41) is 11.8. The van der Waals surface area contributed by atoms with Gasteiger partial charge in [-0.05, 0) is 19.9 Å². The predicted molar refractivity (Wildman–Crippen MR) is 88.7 cm³/mol. The summed E-state index contributed by atoms with van der Waals surface area (Å²) in [5.74, 6) is -1.17. The molecule has 7 heteroatoms. The van der Waals surface area contributed by atoms with Crippen LogP contribution >= 0.6 is 0 Å². The Morgan fingerprint density at radius 3 is 2.46 bits per heavy atom. The van der Waals surface area contributed by atoms with E-state index in [2.05, 4.69) is 5.32 Å². The lowest BCUT2D eigenvalue weighted by molar-refractivity contribution is -0.148. The lowest BCUT2D eigenvalue weighted by Crippen LogP contribution is -2.42. The van der Waals surface area contributed by atoms with Gasteiger partial charge in [0, 0.05) is 19.5 Å². The molecule has 2 amide bonds. The van der Waals surface area contributed by atoms with E-state index >= 15 is 0 Å². The van der Waals surface area contributed by atoms with Crippen molar-refractivity contribution in [3.63, 3.8) is 0 Å². The Labute approximate surface area is 141 Å². The number of aliphatic carboxylic acids is 1. The van der Waals surface area contributed by atoms with Crippen LogP contribution in [0.3, 0.4) is 0 Å². The summed E-state index contributed by atoms with van der Waals surface area (Å²) in [7, 11) is 1.43. The Balaban J connectivity index is 3.04. The standard InChI is InChI=1S/C17H24N2O5/c1-5-24-15-9-7-6-8-13(15)14(18-12(3)20)10-16(21)19(4)11(2)17(22)23/h6-9,11,14H,5,10H2,1-4H3,(H,18,20)(H,22,23). The van der Waals surface area contributed by atoms with Gasteiger partial charge in [-0.15, -0.1) is 0 Å². The Bertz CT molecular complexity index is 602. The first-order valence-electron chi connectivity index (χ1n) is 7.75. The van der Waals surface area contributed by atoms with Crippen molar-refractivity contribution in [1.29, 1.82) is 0 Å². The average Bonchev–Trinajstić information content (AvgIpc) is 2.53. The Hall–Kier alpha value is -2.57. The van der Waals surface area contributed by atoms with Crippen LogP contribution in [0.5, 0.6) is 5.75 Å². The zero-order valence-corrected chi connectivity index (χ0v) is 14.4. The Kier molecular flexibility index (Phi) is 7.23. The molecule has 0 aliphatic carbocycles. The summed E-state index contributed by atoms with van der Waals surface area (Å²) in [5.41, 5.74) is 0.680. The normalized spacial score (nSPS) is 12.8. The minimum atomic E-state index is -1.09. The number of amides is 2. The van der Waals surface area contributed by atoms with Gasteiger partial charge in [-0.1, -0.05) is 18.2 Å². The fourth-order valence-electron chi connectivity index (χ4n) is 2.24. The van der Waals surface area contributed by atoms with Gasteiger partial charge >= 0.3 is 5.97 Å². The number of hydrogen-bond acceptors (Lipinski definition) is 4. The summed E-state index contributed by atoms with van der Waals surface area (Å²) in [6.07, 6.45) is -0.0578. The van der Waals surface area contributed by atoms with Crippen molar-refractivity contribution in [1.82, 2.24) is 10.2 Å². The maximum atomic E-state index is 12.4. The van der Waals surface area contributed by atoms with Gasteiger partial charge in [-0.2, -0.15) is 0 Å². The van der Waals surface area contributed by atoms with Gasteiger partial charge in [0.25, 0.3) is 0 Å². The second-order valence-corrected chi connectivity index (χ2v) is 5.45. The minimum Gasteiger partial charge on any atom is -0.494 e. The van der Waals surface area contributed by atoms with Crippen molar-refractivity contribution < 1.29 is 24.2 Å². The van der Waals surface area contributed by atoms with E-state index in [9.17, 15) is 14.4 Å². The largest absolute Gasteiger partial charge is 0.494 e. The molecule has 0 saturated carbocycles. The number of nitrogens with one attached hydrogen (secondary N) is 1. The van der Waals surface area contributed by atoms with Crippen LogP contribution < -0.4 is 10.1 Å². The van der Waals surface area contributed by atoms with Crippen LogP contribution in [0.1, 0.15) is 38.8 Å². The molecule has 2 atom stereocenters. The van der Waals surface area contributed by atoms with E-state index in [0.717, 1.165) is 4.90 Å². The molecular formula is C17H24N2O5. The van der Waals surface area contributed by atoms with Crippen LogP contribution in [0.25, 0.3) is 0 Å². The molecule has 0 heterocycles. The van der Waals surface area contributed by atoms with Crippen LogP contribution in [0, 0.1) is 0 Å². The van der Waals surface area contributed by atoms with Crippen molar-refractivity contribution in [2.24, 2.45) is 0 Å². The third kappa shape index (κ3) is 5.26. The van der Waals surface area contributed by atoms with Gasteiger partial charge in [-0.25, -0.2) is 4.79 Å². The molecule has 132 valence electrons. The molecule has 24 heavy (non-hydrogen) atoms. The number of carboxylic acid groups (broad SMARTS) is 1. The van der Waals surface area contributed by atoms with E-state index in [-0.39, 0.29) is 18.2 Å². The number of hydrogen-bond donors (Lipinski definition) is 2. The third-order valence-electron chi connectivity index (χ3n) is 3.68. The van der Waals surface area contributed by atoms with Gasteiger partial charge < -0.3 is 20.1 Å². The summed E-state index contributed by atoms with van der Waals surface area (Å²) >= 11 is 0. The molecule has 0 fully saturated rings. The highest BCUT2D eigenvalue weighted by Gasteiger charge is 2.26. The maximum Gasteiger partial charge on any atom is 0.326 e. The number of para-hydroxylation sites is 1.